The summed E-state index contributed by atoms with van der Waals surface area (Å²) in [6.07, 6.45) is 3.96. The third-order valence-corrected chi connectivity index (χ3v) is 6.30. The van der Waals surface area contributed by atoms with E-state index >= 15 is 0 Å². The molecular formula is C15H22ClNO3S. The summed E-state index contributed by atoms with van der Waals surface area (Å²) in [6.45, 7) is 2.54. The van der Waals surface area contributed by atoms with Crippen LogP contribution in [0, 0.1) is 0 Å². The fraction of sp³-hybridized carbons (Fsp3) is 0.600. The molecule has 1 saturated heterocycles. The topological polar surface area (TPSA) is 46.6 Å². The summed E-state index contributed by atoms with van der Waals surface area (Å²) >= 11 is 5.84. The van der Waals surface area contributed by atoms with Gasteiger partial charge in [-0.1, -0.05) is 18.9 Å². The molecule has 1 fully saturated rings. The minimum absolute atomic E-state index is 0.0156. The molecule has 0 aliphatic carbocycles. The van der Waals surface area contributed by atoms with Gasteiger partial charge in [-0.15, -0.1) is 11.6 Å². The number of halogens is 1. The van der Waals surface area contributed by atoms with Crippen LogP contribution in [0.3, 0.4) is 0 Å². The van der Waals surface area contributed by atoms with E-state index in [1.54, 1.807) is 22.5 Å². The monoisotopic (exact) mass is 331 g/mol. The maximum atomic E-state index is 13.0. The molecule has 1 aliphatic heterocycles. The van der Waals surface area contributed by atoms with Crippen LogP contribution in [-0.2, 0) is 15.9 Å². The Kier molecular flexibility index (Phi) is 5.52. The van der Waals surface area contributed by atoms with Crippen LogP contribution in [0.1, 0.15) is 38.2 Å². The van der Waals surface area contributed by atoms with Crippen molar-refractivity contribution in [3.63, 3.8) is 0 Å². The maximum absolute atomic E-state index is 13.0. The van der Waals surface area contributed by atoms with E-state index in [2.05, 4.69) is 0 Å². The molecule has 0 aromatic heterocycles. The third kappa shape index (κ3) is 3.52. The van der Waals surface area contributed by atoms with Crippen LogP contribution < -0.4 is 4.74 Å². The van der Waals surface area contributed by atoms with Crippen LogP contribution >= 0.6 is 11.6 Å². The molecule has 1 atom stereocenters. The first-order valence-electron chi connectivity index (χ1n) is 7.25. The molecule has 2 rings (SSSR count). The molecule has 0 saturated carbocycles. The van der Waals surface area contributed by atoms with Crippen molar-refractivity contribution in [1.82, 2.24) is 4.31 Å². The molecule has 0 N–H and O–H groups in total. The number of hydrogen-bond donors (Lipinski definition) is 0. The Balaban J connectivity index is 2.46. The van der Waals surface area contributed by atoms with E-state index < -0.39 is 10.0 Å². The van der Waals surface area contributed by atoms with E-state index in [4.69, 9.17) is 16.3 Å². The van der Waals surface area contributed by atoms with E-state index in [-0.39, 0.29) is 16.8 Å². The molecule has 0 spiro atoms. The van der Waals surface area contributed by atoms with E-state index in [0.29, 0.717) is 12.3 Å². The second kappa shape index (κ2) is 6.99. The summed E-state index contributed by atoms with van der Waals surface area (Å²) in [5.74, 6) is 0.655. The minimum Gasteiger partial charge on any atom is -0.495 e. The number of sulfonamides is 1. The number of alkyl halides is 1. The second-order valence-electron chi connectivity index (χ2n) is 5.43. The van der Waals surface area contributed by atoms with E-state index in [1.165, 1.54) is 7.11 Å². The van der Waals surface area contributed by atoms with Crippen LogP contribution in [0.15, 0.2) is 23.1 Å². The summed E-state index contributed by atoms with van der Waals surface area (Å²) < 4.78 is 32.8. The van der Waals surface area contributed by atoms with Gasteiger partial charge >= 0.3 is 0 Å². The zero-order valence-corrected chi connectivity index (χ0v) is 14.1. The lowest BCUT2D eigenvalue weighted by Crippen LogP contribution is -2.38. The molecule has 4 nitrogen and oxygen atoms in total. The Morgan fingerprint density at radius 2 is 2.10 bits per heavy atom. The van der Waals surface area contributed by atoms with Crippen LogP contribution in [0.5, 0.6) is 5.75 Å². The van der Waals surface area contributed by atoms with Crippen molar-refractivity contribution in [2.24, 2.45) is 0 Å². The van der Waals surface area contributed by atoms with Crippen molar-refractivity contribution in [2.45, 2.75) is 49.4 Å². The molecule has 0 amide bonds. The molecule has 1 heterocycles. The number of nitrogens with zero attached hydrogens (tertiary/aromatic N) is 1. The standard InChI is InChI=1S/C15H22ClNO3S/c1-12-6-4-3-5-9-17(12)21(18,19)15-10-13(11-16)7-8-14(15)20-2/h7-8,10,12H,3-6,9,11H2,1-2H3. The molecular weight excluding hydrogens is 310 g/mol. The average Bonchev–Trinajstić information content (AvgIpc) is 2.71. The van der Waals surface area contributed by atoms with Gasteiger partial charge in [0.2, 0.25) is 10.0 Å². The highest BCUT2D eigenvalue weighted by Crippen LogP contribution is 2.31. The average molecular weight is 332 g/mol. The van der Waals surface area contributed by atoms with E-state index in [1.807, 2.05) is 6.92 Å². The smallest absolute Gasteiger partial charge is 0.247 e. The Labute approximate surface area is 132 Å². The molecule has 6 heteroatoms. The summed E-state index contributed by atoms with van der Waals surface area (Å²) in [6, 6.07) is 5.10. The molecule has 21 heavy (non-hydrogen) atoms. The lowest BCUT2D eigenvalue weighted by molar-refractivity contribution is 0.338. The van der Waals surface area contributed by atoms with Crippen molar-refractivity contribution < 1.29 is 13.2 Å². The Morgan fingerprint density at radius 3 is 2.76 bits per heavy atom. The van der Waals surface area contributed by atoms with Crippen LogP contribution in [0.25, 0.3) is 0 Å². The lowest BCUT2D eigenvalue weighted by atomic mass is 10.1. The predicted molar refractivity (Wildman–Crippen MR) is 84.4 cm³/mol. The molecule has 1 aromatic rings. The van der Waals surface area contributed by atoms with Crippen LogP contribution in [0.2, 0.25) is 0 Å². The van der Waals surface area contributed by atoms with Crippen LogP contribution in [0.4, 0.5) is 0 Å². The second-order valence-corrected chi connectivity index (χ2v) is 7.56. The molecule has 1 aromatic carbocycles. The molecule has 118 valence electrons. The summed E-state index contributed by atoms with van der Waals surface area (Å²) in [7, 11) is -2.07. The number of benzene rings is 1. The summed E-state index contributed by atoms with van der Waals surface area (Å²) in [5, 5.41) is 0. The number of rotatable bonds is 4. The first kappa shape index (κ1) is 16.6. The first-order valence-corrected chi connectivity index (χ1v) is 9.23. The number of hydrogen-bond acceptors (Lipinski definition) is 3. The molecule has 1 unspecified atom stereocenters. The Bertz CT molecular complexity index is 589. The highest BCUT2D eigenvalue weighted by molar-refractivity contribution is 7.89. The van der Waals surface area contributed by atoms with Gasteiger partial charge in [0.05, 0.1) is 7.11 Å². The van der Waals surface area contributed by atoms with Gasteiger partial charge in [-0.3, -0.25) is 0 Å². The van der Waals surface area contributed by atoms with Crippen molar-refractivity contribution in [1.29, 1.82) is 0 Å². The van der Waals surface area contributed by atoms with Crippen molar-refractivity contribution in [2.75, 3.05) is 13.7 Å². The van der Waals surface area contributed by atoms with Gasteiger partial charge in [0.1, 0.15) is 10.6 Å². The summed E-state index contributed by atoms with van der Waals surface area (Å²) in [4.78, 5) is 0.219. The third-order valence-electron chi connectivity index (χ3n) is 3.96. The molecule has 0 radical (unpaired) electrons. The highest BCUT2D eigenvalue weighted by Gasteiger charge is 2.32. The van der Waals surface area contributed by atoms with Crippen molar-refractivity contribution in [3.05, 3.63) is 23.8 Å². The first-order chi connectivity index (χ1) is 10.0. The maximum Gasteiger partial charge on any atom is 0.247 e. The molecule has 1 aliphatic rings. The van der Waals surface area contributed by atoms with E-state index in [0.717, 1.165) is 31.2 Å². The van der Waals surface area contributed by atoms with Gasteiger partial charge < -0.3 is 4.74 Å². The summed E-state index contributed by atoms with van der Waals surface area (Å²) in [5.41, 5.74) is 0.776. The zero-order chi connectivity index (χ0) is 15.5. The fourth-order valence-electron chi connectivity index (χ4n) is 2.74. The Morgan fingerprint density at radius 1 is 1.33 bits per heavy atom. The lowest BCUT2D eigenvalue weighted by Gasteiger charge is -2.27. The fourth-order valence-corrected chi connectivity index (χ4v) is 4.81. The predicted octanol–water partition coefficient (Wildman–Crippen LogP) is 3.39. The van der Waals surface area contributed by atoms with Crippen molar-refractivity contribution in [3.8, 4) is 5.75 Å². The number of methoxy groups -OCH3 is 1. The molecule has 0 bridgehead atoms. The SMILES string of the molecule is COc1ccc(CCl)cc1S(=O)(=O)N1CCCCCC1C. The largest absolute Gasteiger partial charge is 0.495 e. The Hall–Kier alpha value is -0.780. The van der Waals surface area contributed by atoms with Crippen LogP contribution in [-0.4, -0.2) is 32.4 Å². The van der Waals surface area contributed by atoms with Gasteiger partial charge in [-0.2, -0.15) is 4.31 Å². The van der Waals surface area contributed by atoms with Gasteiger partial charge in [-0.05, 0) is 37.5 Å². The van der Waals surface area contributed by atoms with Gasteiger partial charge in [0.15, 0.2) is 0 Å². The van der Waals surface area contributed by atoms with Gasteiger partial charge in [0.25, 0.3) is 0 Å². The number of ether oxygens (including phenoxy) is 1. The quantitative estimate of drug-likeness (QED) is 0.794. The van der Waals surface area contributed by atoms with Gasteiger partial charge in [0, 0.05) is 18.5 Å². The minimum atomic E-state index is -3.56. The van der Waals surface area contributed by atoms with Crippen molar-refractivity contribution >= 4 is 21.6 Å². The van der Waals surface area contributed by atoms with E-state index in [9.17, 15) is 8.42 Å². The van der Waals surface area contributed by atoms with Gasteiger partial charge in [-0.25, -0.2) is 8.42 Å². The normalized spacial score (nSPS) is 21.0. The zero-order valence-electron chi connectivity index (χ0n) is 12.5. The highest BCUT2D eigenvalue weighted by atomic mass is 35.5.